The van der Waals surface area contributed by atoms with E-state index < -0.39 is 5.91 Å². The third kappa shape index (κ3) is 3.52. The van der Waals surface area contributed by atoms with E-state index in [1.165, 1.54) is 11.3 Å². The number of pyridine rings is 1. The van der Waals surface area contributed by atoms with Gasteiger partial charge in [0.15, 0.2) is 0 Å². The Kier molecular flexibility index (Phi) is 4.80. The van der Waals surface area contributed by atoms with E-state index in [1.807, 2.05) is 18.2 Å². The number of nitrogens with zero attached hydrogens (tertiary/aromatic N) is 2. The molecule has 1 amide bonds. The first kappa shape index (κ1) is 17.9. The van der Waals surface area contributed by atoms with Gasteiger partial charge in [-0.3, -0.25) is 9.59 Å². The lowest BCUT2D eigenvalue weighted by Crippen LogP contribution is -2.34. The van der Waals surface area contributed by atoms with Gasteiger partial charge in [0.1, 0.15) is 5.56 Å². The summed E-state index contributed by atoms with van der Waals surface area (Å²) in [5, 5.41) is 12.5. The molecule has 2 heterocycles. The van der Waals surface area contributed by atoms with E-state index in [2.05, 4.69) is 10.3 Å². The van der Waals surface area contributed by atoms with Crippen molar-refractivity contribution in [3.05, 3.63) is 57.5 Å². The lowest BCUT2D eigenvalue weighted by Gasteiger charge is -2.27. The predicted molar refractivity (Wildman–Crippen MR) is 107 cm³/mol. The molecule has 0 radical (unpaired) electrons. The second-order valence-corrected chi connectivity index (χ2v) is 7.92. The quantitative estimate of drug-likeness (QED) is 0.725. The van der Waals surface area contributed by atoms with Gasteiger partial charge in [0.05, 0.1) is 21.8 Å². The van der Waals surface area contributed by atoms with Gasteiger partial charge in [-0.05, 0) is 62.4 Å². The number of carbonyl (C=O) groups excluding carboxylic acids is 1. The van der Waals surface area contributed by atoms with E-state index in [1.54, 1.807) is 29.3 Å². The Balaban J connectivity index is 1.62. The van der Waals surface area contributed by atoms with Crippen LogP contribution in [-0.2, 0) is 0 Å². The predicted octanol–water partition coefficient (Wildman–Crippen LogP) is 3.49. The molecule has 1 aliphatic carbocycles. The number of aryl methyl sites for hydroxylation is 1. The third-order valence-corrected chi connectivity index (χ3v) is 6.00. The van der Waals surface area contributed by atoms with Crippen molar-refractivity contribution in [2.45, 2.75) is 44.8 Å². The minimum atomic E-state index is -0.397. The number of carbonyl (C=O) groups is 1. The van der Waals surface area contributed by atoms with Crippen molar-refractivity contribution < 1.29 is 9.90 Å². The highest BCUT2D eigenvalue weighted by molar-refractivity contribution is 7.16. The summed E-state index contributed by atoms with van der Waals surface area (Å²) in [5.74, 6) is -0.397. The van der Waals surface area contributed by atoms with Crippen molar-refractivity contribution in [3.63, 3.8) is 0 Å². The Labute approximate surface area is 160 Å². The Morgan fingerprint density at radius 3 is 2.81 bits per heavy atom. The summed E-state index contributed by atoms with van der Waals surface area (Å²) < 4.78 is 2.64. The number of rotatable bonds is 3. The topological polar surface area (TPSA) is 84.2 Å². The van der Waals surface area contributed by atoms with Crippen molar-refractivity contribution in [2.75, 3.05) is 5.32 Å². The van der Waals surface area contributed by atoms with E-state index in [-0.39, 0.29) is 23.3 Å². The molecular formula is C20H21N3O3S. The second-order valence-electron chi connectivity index (χ2n) is 7.04. The lowest BCUT2D eigenvalue weighted by atomic mass is 9.92. The van der Waals surface area contributed by atoms with E-state index in [4.69, 9.17) is 0 Å². The largest absolute Gasteiger partial charge is 0.393 e. The number of fused-ring (bicyclic) bond motifs is 1. The van der Waals surface area contributed by atoms with Gasteiger partial charge in [0.25, 0.3) is 11.5 Å². The summed E-state index contributed by atoms with van der Waals surface area (Å²) in [6, 6.07) is 7.35. The summed E-state index contributed by atoms with van der Waals surface area (Å²) in [6.07, 6.45) is 4.33. The minimum Gasteiger partial charge on any atom is -0.393 e. The van der Waals surface area contributed by atoms with Crippen LogP contribution in [0.2, 0.25) is 0 Å². The molecule has 140 valence electrons. The summed E-state index contributed by atoms with van der Waals surface area (Å²) >= 11 is 1.50. The van der Waals surface area contributed by atoms with Gasteiger partial charge in [0, 0.05) is 17.9 Å². The zero-order chi connectivity index (χ0) is 19.0. The molecule has 1 saturated carbocycles. The Bertz CT molecular complexity index is 1050. The number of benzene rings is 1. The fourth-order valence-electron chi connectivity index (χ4n) is 3.67. The molecule has 0 unspecified atom stereocenters. The number of anilines is 1. The fraction of sp³-hybridized carbons (Fsp3) is 0.350. The molecule has 0 bridgehead atoms. The van der Waals surface area contributed by atoms with E-state index in [9.17, 15) is 14.7 Å². The first-order valence-corrected chi connectivity index (χ1v) is 9.95. The number of aliphatic hydroxyl groups excluding tert-OH is 1. The van der Waals surface area contributed by atoms with Crippen molar-refractivity contribution in [1.82, 2.24) is 9.55 Å². The maximum atomic E-state index is 13.0. The van der Waals surface area contributed by atoms with Gasteiger partial charge in [-0.15, -0.1) is 11.3 Å². The third-order valence-electron chi connectivity index (χ3n) is 5.20. The summed E-state index contributed by atoms with van der Waals surface area (Å²) in [5.41, 5.74) is 3.85. The molecule has 1 fully saturated rings. The van der Waals surface area contributed by atoms with Crippen LogP contribution in [0.1, 0.15) is 47.6 Å². The molecule has 7 heteroatoms. The maximum absolute atomic E-state index is 13.0. The number of aromatic nitrogens is 2. The zero-order valence-corrected chi connectivity index (χ0v) is 15.8. The molecule has 0 atom stereocenters. The highest BCUT2D eigenvalue weighted by Crippen LogP contribution is 2.28. The van der Waals surface area contributed by atoms with Crippen molar-refractivity contribution in [1.29, 1.82) is 0 Å². The second kappa shape index (κ2) is 7.25. The van der Waals surface area contributed by atoms with Crippen LogP contribution in [0.4, 0.5) is 5.69 Å². The van der Waals surface area contributed by atoms with Gasteiger partial charge >= 0.3 is 0 Å². The monoisotopic (exact) mass is 383 g/mol. The average molecular weight is 383 g/mol. The first-order chi connectivity index (χ1) is 13.0. The lowest BCUT2D eigenvalue weighted by molar-refractivity contribution is 0.101. The molecular weight excluding hydrogens is 362 g/mol. The van der Waals surface area contributed by atoms with Crippen LogP contribution in [0, 0.1) is 6.92 Å². The smallest absolute Gasteiger partial charge is 0.263 e. The highest BCUT2D eigenvalue weighted by atomic mass is 32.1. The molecule has 0 aliphatic heterocycles. The molecule has 3 aromatic rings. The molecule has 2 N–H and O–H groups in total. The van der Waals surface area contributed by atoms with Gasteiger partial charge < -0.3 is 15.0 Å². The Morgan fingerprint density at radius 2 is 2.04 bits per heavy atom. The van der Waals surface area contributed by atoms with Crippen LogP contribution in [0.3, 0.4) is 0 Å². The first-order valence-electron chi connectivity index (χ1n) is 9.07. The molecule has 1 aliphatic rings. The molecule has 0 saturated heterocycles. The number of nitrogens with one attached hydrogen (secondary N) is 1. The Morgan fingerprint density at radius 1 is 1.26 bits per heavy atom. The molecule has 2 aromatic heterocycles. The van der Waals surface area contributed by atoms with Crippen LogP contribution in [0.15, 0.2) is 40.8 Å². The van der Waals surface area contributed by atoms with Crippen LogP contribution in [0.25, 0.3) is 10.2 Å². The highest BCUT2D eigenvalue weighted by Gasteiger charge is 2.24. The molecule has 0 spiro atoms. The zero-order valence-electron chi connectivity index (χ0n) is 15.0. The summed E-state index contributed by atoms with van der Waals surface area (Å²) in [4.78, 5) is 30.1. The summed E-state index contributed by atoms with van der Waals surface area (Å²) in [7, 11) is 0. The average Bonchev–Trinajstić information content (AvgIpc) is 3.11. The SMILES string of the molecule is Cc1ccn(C2CCC(O)CC2)c(=O)c1C(=O)Nc1ccc2ncsc2c1. The van der Waals surface area contributed by atoms with Gasteiger partial charge in [-0.1, -0.05) is 0 Å². The number of thiazole rings is 1. The van der Waals surface area contributed by atoms with Crippen molar-refractivity contribution >= 4 is 33.1 Å². The standard InChI is InChI=1S/C20H21N3O3S/c1-12-8-9-23(14-3-5-15(24)6-4-14)20(26)18(12)19(25)22-13-2-7-16-17(10-13)27-11-21-16/h2,7-11,14-15,24H,3-6H2,1H3,(H,22,25). The van der Waals surface area contributed by atoms with Crippen LogP contribution >= 0.6 is 11.3 Å². The minimum absolute atomic E-state index is 0.0293. The molecule has 1 aromatic carbocycles. The van der Waals surface area contributed by atoms with Crippen LogP contribution in [0.5, 0.6) is 0 Å². The normalized spacial score (nSPS) is 19.9. The Hall–Kier alpha value is -2.51. The van der Waals surface area contributed by atoms with Gasteiger partial charge in [0.2, 0.25) is 0 Å². The number of aliphatic hydroxyl groups is 1. The van der Waals surface area contributed by atoms with Gasteiger partial charge in [-0.25, -0.2) is 4.98 Å². The van der Waals surface area contributed by atoms with Crippen molar-refractivity contribution in [2.24, 2.45) is 0 Å². The summed E-state index contributed by atoms with van der Waals surface area (Å²) in [6.45, 7) is 1.78. The van der Waals surface area contributed by atoms with E-state index in [0.29, 0.717) is 24.1 Å². The molecule has 27 heavy (non-hydrogen) atoms. The number of hydrogen-bond donors (Lipinski definition) is 2. The molecule has 4 rings (SSSR count). The maximum Gasteiger partial charge on any atom is 0.263 e. The van der Waals surface area contributed by atoms with Gasteiger partial charge in [-0.2, -0.15) is 0 Å². The van der Waals surface area contributed by atoms with Crippen molar-refractivity contribution in [3.8, 4) is 0 Å². The number of hydrogen-bond acceptors (Lipinski definition) is 5. The number of amides is 1. The van der Waals surface area contributed by atoms with E-state index in [0.717, 1.165) is 23.1 Å². The van der Waals surface area contributed by atoms with Crippen LogP contribution in [-0.4, -0.2) is 26.7 Å². The molecule has 6 nitrogen and oxygen atoms in total. The van der Waals surface area contributed by atoms with Crippen LogP contribution < -0.4 is 10.9 Å². The fourth-order valence-corrected chi connectivity index (χ4v) is 4.38. The van der Waals surface area contributed by atoms with E-state index >= 15 is 0 Å².